The summed E-state index contributed by atoms with van der Waals surface area (Å²) in [6.07, 6.45) is 7.65. The van der Waals surface area contributed by atoms with Crippen LogP contribution in [0.1, 0.15) is 0 Å². The maximum absolute atomic E-state index is 8.42. The van der Waals surface area contributed by atoms with E-state index in [0.29, 0.717) is 13.2 Å². The van der Waals surface area contributed by atoms with Crippen molar-refractivity contribution in [3.63, 3.8) is 0 Å². The lowest BCUT2D eigenvalue weighted by atomic mass is 10.5. The predicted molar refractivity (Wildman–Crippen MR) is 46.0 cm³/mol. The zero-order valence-corrected chi connectivity index (χ0v) is 6.94. The van der Waals surface area contributed by atoms with Crippen molar-refractivity contribution in [2.45, 2.75) is 0 Å². The Bertz CT molecular complexity index is 168. The number of hydrogen-bond donors (Lipinski definition) is 2. The Morgan fingerprint density at radius 1 is 1.33 bits per heavy atom. The molecular formula is C8H14N2O2. The SMILES string of the molecule is OCCOCCN1C=CC=CN1. The summed E-state index contributed by atoms with van der Waals surface area (Å²) < 4.78 is 5.10. The highest BCUT2D eigenvalue weighted by Gasteiger charge is 1.96. The van der Waals surface area contributed by atoms with Gasteiger partial charge in [0.25, 0.3) is 0 Å². The van der Waals surface area contributed by atoms with Crippen molar-refractivity contribution in [2.24, 2.45) is 0 Å². The standard InChI is InChI=1S/C8H14N2O2/c11-6-8-12-7-5-10-4-2-1-3-9-10/h1-4,9,11H,5-8H2. The molecule has 0 aromatic heterocycles. The lowest BCUT2D eigenvalue weighted by Crippen LogP contribution is -2.33. The van der Waals surface area contributed by atoms with Crippen LogP contribution in [0.3, 0.4) is 0 Å². The molecule has 1 aliphatic rings. The molecule has 2 N–H and O–H groups in total. The van der Waals surface area contributed by atoms with Gasteiger partial charge in [-0.05, 0) is 12.2 Å². The van der Waals surface area contributed by atoms with Gasteiger partial charge in [-0.15, -0.1) is 0 Å². The summed E-state index contributed by atoms with van der Waals surface area (Å²) >= 11 is 0. The zero-order chi connectivity index (χ0) is 8.65. The minimum Gasteiger partial charge on any atom is -0.394 e. The number of aliphatic hydroxyl groups is 1. The van der Waals surface area contributed by atoms with Gasteiger partial charge >= 0.3 is 0 Å². The van der Waals surface area contributed by atoms with Gasteiger partial charge < -0.3 is 15.3 Å². The molecule has 68 valence electrons. The van der Waals surface area contributed by atoms with Crippen LogP contribution in [-0.2, 0) is 4.74 Å². The topological polar surface area (TPSA) is 44.7 Å². The molecule has 0 saturated carbocycles. The van der Waals surface area contributed by atoms with Crippen LogP contribution in [0.5, 0.6) is 0 Å². The summed E-state index contributed by atoms with van der Waals surface area (Å²) in [4.78, 5) is 0. The molecule has 1 rings (SSSR count). The molecule has 0 radical (unpaired) electrons. The van der Waals surface area contributed by atoms with E-state index >= 15 is 0 Å². The number of hydrazine groups is 1. The van der Waals surface area contributed by atoms with Crippen molar-refractivity contribution >= 4 is 0 Å². The highest BCUT2D eigenvalue weighted by atomic mass is 16.5. The van der Waals surface area contributed by atoms with Crippen molar-refractivity contribution in [3.8, 4) is 0 Å². The van der Waals surface area contributed by atoms with Crippen LogP contribution < -0.4 is 5.43 Å². The van der Waals surface area contributed by atoms with Crippen molar-refractivity contribution in [1.29, 1.82) is 0 Å². The first-order valence-electron chi connectivity index (χ1n) is 3.98. The first-order valence-corrected chi connectivity index (χ1v) is 3.98. The van der Waals surface area contributed by atoms with Crippen molar-refractivity contribution in [1.82, 2.24) is 10.4 Å². The number of allylic oxidation sites excluding steroid dienone is 2. The third-order valence-electron chi connectivity index (χ3n) is 1.43. The zero-order valence-electron chi connectivity index (χ0n) is 6.94. The van der Waals surface area contributed by atoms with Crippen LogP contribution in [0.2, 0.25) is 0 Å². The second-order valence-electron chi connectivity index (χ2n) is 2.36. The highest BCUT2D eigenvalue weighted by Crippen LogP contribution is 1.91. The average Bonchev–Trinajstić information content (AvgIpc) is 2.14. The molecule has 1 heterocycles. The second-order valence-corrected chi connectivity index (χ2v) is 2.36. The van der Waals surface area contributed by atoms with Gasteiger partial charge in [-0.1, -0.05) is 0 Å². The average molecular weight is 170 g/mol. The molecule has 1 aliphatic heterocycles. The molecule has 4 nitrogen and oxygen atoms in total. The van der Waals surface area contributed by atoms with Gasteiger partial charge in [-0.3, -0.25) is 5.01 Å². The first-order chi connectivity index (χ1) is 5.93. The first kappa shape index (κ1) is 9.09. The Hall–Kier alpha value is -1.00. The fraction of sp³-hybridized carbons (Fsp3) is 0.500. The van der Waals surface area contributed by atoms with Crippen LogP contribution in [0.4, 0.5) is 0 Å². The van der Waals surface area contributed by atoms with E-state index in [1.807, 2.05) is 29.6 Å². The summed E-state index contributed by atoms with van der Waals surface area (Å²) in [6.45, 7) is 1.89. The highest BCUT2D eigenvalue weighted by molar-refractivity contribution is 5.04. The number of aliphatic hydroxyl groups excluding tert-OH is 1. The molecule has 0 amide bonds. The predicted octanol–water partition coefficient (Wildman–Crippen LogP) is -0.157. The van der Waals surface area contributed by atoms with E-state index in [4.69, 9.17) is 9.84 Å². The Balaban J connectivity index is 2.00. The van der Waals surface area contributed by atoms with Gasteiger partial charge in [-0.2, -0.15) is 0 Å². The molecule has 4 heteroatoms. The van der Waals surface area contributed by atoms with Gasteiger partial charge in [0.05, 0.1) is 26.4 Å². The molecular weight excluding hydrogens is 156 g/mol. The van der Waals surface area contributed by atoms with Crippen LogP contribution in [0, 0.1) is 0 Å². The molecule has 0 aromatic rings. The Morgan fingerprint density at radius 2 is 2.25 bits per heavy atom. The van der Waals surface area contributed by atoms with Crippen molar-refractivity contribution in [2.75, 3.05) is 26.4 Å². The molecule has 0 fully saturated rings. The Kier molecular flexibility index (Phi) is 4.26. The van der Waals surface area contributed by atoms with E-state index in [0.717, 1.165) is 6.54 Å². The molecule has 0 spiro atoms. The lowest BCUT2D eigenvalue weighted by molar-refractivity contribution is 0.0766. The van der Waals surface area contributed by atoms with E-state index in [1.54, 1.807) is 0 Å². The maximum Gasteiger partial charge on any atom is 0.0698 e. The van der Waals surface area contributed by atoms with E-state index in [9.17, 15) is 0 Å². The van der Waals surface area contributed by atoms with E-state index < -0.39 is 0 Å². The molecule has 0 saturated heterocycles. The van der Waals surface area contributed by atoms with Crippen molar-refractivity contribution in [3.05, 3.63) is 24.6 Å². The number of ether oxygens (including phenoxy) is 1. The molecule has 0 bridgehead atoms. The minimum absolute atomic E-state index is 0.0865. The number of hydrogen-bond acceptors (Lipinski definition) is 4. The molecule has 0 aliphatic carbocycles. The van der Waals surface area contributed by atoms with Gasteiger partial charge in [0.2, 0.25) is 0 Å². The van der Waals surface area contributed by atoms with Crippen LogP contribution in [0.25, 0.3) is 0 Å². The van der Waals surface area contributed by atoms with Gasteiger partial charge in [0, 0.05) is 12.4 Å². The summed E-state index contributed by atoms with van der Waals surface area (Å²) in [5.41, 5.74) is 3.02. The number of rotatable bonds is 5. The van der Waals surface area contributed by atoms with Gasteiger partial charge in [0.15, 0.2) is 0 Å². The summed E-state index contributed by atoms with van der Waals surface area (Å²) in [5, 5.41) is 10.3. The number of nitrogens with zero attached hydrogens (tertiary/aromatic N) is 1. The second kappa shape index (κ2) is 5.62. The fourth-order valence-electron chi connectivity index (χ4n) is 0.860. The summed E-state index contributed by atoms with van der Waals surface area (Å²) in [6, 6.07) is 0. The Labute approximate surface area is 72.1 Å². The quantitative estimate of drug-likeness (QED) is 0.563. The summed E-state index contributed by atoms with van der Waals surface area (Å²) in [7, 11) is 0. The van der Waals surface area contributed by atoms with Crippen LogP contribution in [0.15, 0.2) is 24.6 Å². The minimum atomic E-state index is 0.0865. The van der Waals surface area contributed by atoms with Crippen LogP contribution in [-0.4, -0.2) is 36.5 Å². The van der Waals surface area contributed by atoms with Crippen LogP contribution >= 0.6 is 0 Å². The maximum atomic E-state index is 8.42. The molecule has 12 heavy (non-hydrogen) atoms. The third-order valence-corrected chi connectivity index (χ3v) is 1.43. The van der Waals surface area contributed by atoms with E-state index in [1.165, 1.54) is 0 Å². The fourth-order valence-corrected chi connectivity index (χ4v) is 0.860. The third kappa shape index (κ3) is 3.41. The normalized spacial score (nSPS) is 14.9. The largest absolute Gasteiger partial charge is 0.394 e. The monoisotopic (exact) mass is 170 g/mol. The smallest absolute Gasteiger partial charge is 0.0698 e. The molecule has 0 atom stereocenters. The van der Waals surface area contributed by atoms with Crippen molar-refractivity contribution < 1.29 is 9.84 Å². The Morgan fingerprint density at radius 3 is 2.92 bits per heavy atom. The number of nitrogens with one attached hydrogen (secondary N) is 1. The molecule has 0 aromatic carbocycles. The van der Waals surface area contributed by atoms with E-state index in [2.05, 4.69) is 5.43 Å². The lowest BCUT2D eigenvalue weighted by Gasteiger charge is -2.21. The van der Waals surface area contributed by atoms with E-state index in [-0.39, 0.29) is 6.61 Å². The molecule has 0 unspecified atom stereocenters. The van der Waals surface area contributed by atoms with Gasteiger partial charge in [-0.25, -0.2) is 0 Å². The summed E-state index contributed by atoms with van der Waals surface area (Å²) in [5.74, 6) is 0. The van der Waals surface area contributed by atoms with Gasteiger partial charge in [0.1, 0.15) is 0 Å².